The number of benzene rings is 3. The molecule has 1 saturated heterocycles. The minimum Gasteiger partial charge on any atom is -0.378 e. The fraction of sp³-hybridized carbons (Fsp3) is 0.355. The van der Waals surface area contributed by atoms with Crippen molar-refractivity contribution in [3.05, 3.63) is 94.5 Å². The Labute approximate surface area is 247 Å². The van der Waals surface area contributed by atoms with Crippen LogP contribution in [0.25, 0.3) is 16.8 Å². The second kappa shape index (κ2) is 11.6. The van der Waals surface area contributed by atoms with Crippen LogP contribution < -0.4 is 5.32 Å². The van der Waals surface area contributed by atoms with Gasteiger partial charge in [0.25, 0.3) is 0 Å². The molecule has 2 aliphatic rings. The van der Waals surface area contributed by atoms with Gasteiger partial charge in [0.05, 0.1) is 18.0 Å². The highest BCUT2D eigenvalue weighted by Gasteiger charge is 2.26. The predicted molar refractivity (Wildman–Crippen MR) is 164 cm³/mol. The molecule has 1 N–H and O–H groups in total. The molecule has 0 amide bonds. The summed E-state index contributed by atoms with van der Waals surface area (Å²) in [5.74, 6) is 1.88. The van der Waals surface area contributed by atoms with Gasteiger partial charge in [-0.05, 0) is 78.4 Å². The Bertz CT molecular complexity index is 1630. The maximum Gasteiger partial charge on any atom is 0.211 e. The van der Waals surface area contributed by atoms with Gasteiger partial charge in [-0.2, -0.15) is 4.31 Å². The Kier molecular flexibility index (Phi) is 7.87. The van der Waals surface area contributed by atoms with E-state index in [1.165, 1.54) is 28.5 Å². The molecule has 10 heteroatoms. The topological polar surface area (TPSA) is 83.4 Å². The van der Waals surface area contributed by atoms with Crippen LogP contribution in [-0.2, 0) is 22.9 Å². The van der Waals surface area contributed by atoms with Gasteiger partial charge in [-0.25, -0.2) is 8.42 Å². The average Bonchev–Trinajstić information content (AvgIpc) is 3.26. The second-order valence-corrected chi connectivity index (χ2v) is 13.4. The fourth-order valence-corrected chi connectivity index (χ4v) is 6.81. The maximum atomic E-state index is 11.8. The molecule has 3 heterocycles. The first kappa shape index (κ1) is 27.9. The molecule has 1 fully saturated rings. The Balaban J connectivity index is 1.20. The predicted octanol–water partition coefficient (Wildman–Crippen LogP) is 5.12. The lowest BCUT2D eigenvalue weighted by atomic mass is 9.95. The lowest BCUT2D eigenvalue weighted by Crippen LogP contribution is -2.48. The Morgan fingerprint density at radius 3 is 2.34 bits per heavy atom. The summed E-state index contributed by atoms with van der Waals surface area (Å²) in [4.78, 5) is 2.34. The van der Waals surface area contributed by atoms with Crippen molar-refractivity contribution in [3.63, 3.8) is 0 Å². The summed E-state index contributed by atoms with van der Waals surface area (Å²) < 4.78 is 27.3. The second-order valence-electron chi connectivity index (χ2n) is 11.0. The van der Waals surface area contributed by atoms with Gasteiger partial charge in [0.15, 0.2) is 0 Å². The van der Waals surface area contributed by atoms with Crippen molar-refractivity contribution in [1.29, 1.82) is 0 Å². The van der Waals surface area contributed by atoms with Crippen LogP contribution in [0, 0.1) is 6.92 Å². The molecule has 0 aliphatic carbocycles. The van der Waals surface area contributed by atoms with E-state index in [0.29, 0.717) is 13.1 Å². The summed E-state index contributed by atoms with van der Waals surface area (Å²) in [5.41, 5.74) is 6.99. The summed E-state index contributed by atoms with van der Waals surface area (Å²) in [6, 6.07) is 23.5. The molecule has 6 rings (SSSR count). The molecule has 2 aliphatic heterocycles. The van der Waals surface area contributed by atoms with E-state index in [1.54, 1.807) is 4.31 Å². The van der Waals surface area contributed by atoms with Crippen LogP contribution in [-0.4, -0.2) is 71.4 Å². The van der Waals surface area contributed by atoms with Crippen molar-refractivity contribution < 1.29 is 8.42 Å². The van der Waals surface area contributed by atoms with E-state index in [1.807, 2.05) is 31.2 Å². The number of nitrogens with one attached hydrogen (secondary N) is 1. The summed E-state index contributed by atoms with van der Waals surface area (Å²) >= 11 is 6.13. The molecular formula is C31H35ClN6O2S. The van der Waals surface area contributed by atoms with Crippen molar-refractivity contribution >= 4 is 27.3 Å². The molecule has 1 atom stereocenters. The van der Waals surface area contributed by atoms with Gasteiger partial charge in [0.2, 0.25) is 10.0 Å². The number of sulfonamides is 1. The minimum atomic E-state index is -3.10. The van der Waals surface area contributed by atoms with Crippen molar-refractivity contribution in [2.75, 3.05) is 44.3 Å². The third-order valence-electron chi connectivity index (χ3n) is 8.18. The van der Waals surface area contributed by atoms with Crippen molar-refractivity contribution in [2.24, 2.45) is 0 Å². The normalized spacial score (nSPS) is 18.0. The van der Waals surface area contributed by atoms with Crippen LogP contribution in [0.2, 0.25) is 5.02 Å². The molecular weight excluding hydrogens is 556 g/mol. The Hall–Kier alpha value is -3.24. The zero-order valence-electron chi connectivity index (χ0n) is 23.4. The maximum absolute atomic E-state index is 11.8. The largest absolute Gasteiger partial charge is 0.378 e. The van der Waals surface area contributed by atoms with Crippen LogP contribution in [0.4, 0.5) is 5.69 Å². The van der Waals surface area contributed by atoms with Crippen LogP contribution in [0.15, 0.2) is 66.7 Å². The van der Waals surface area contributed by atoms with E-state index in [9.17, 15) is 8.42 Å². The fourth-order valence-electron chi connectivity index (χ4n) is 5.86. The molecule has 214 valence electrons. The minimum absolute atomic E-state index is 0.106. The number of fused-ring (bicyclic) bond motifs is 3. The summed E-state index contributed by atoms with van der Waals surface area (Å²) in [5, 5.41) is 13.3. The van der Waals surface area contributed by atoms with Crippen molar-refractivity contribution in [3.8, 4) is 16.8 Å². The molecule has 8 nitrogen and oxygen atoms in total. The van der Waals surface area contributed by atoms with Gasteiger partial charge < -0.3 is 10.2 Å². The molecule has 1 aromatic heterocycles. The molecule has 0 spiro atoms. The zero-order valence-corrected chi connectivity index (χ0v) is 25.0. The zero-order chi connectivity index (χ0) is 28.6. The van der Waals surface area contributed by atoms with Crippen molar-refractivity contribution in [1.82, 2.24) is 24.0 Å². The van der Waals surface area contributed by atoms with E-state index < -0.39 is 10.0 Å². The number of aryl methyl sites for hydroxylation is 2. The lowest BCUT2D eigenvalue weighted by molar-refractivity contribution is 0.191. The van der Waals surface area contributed by atoms with Gasteiger partial charge in [0, 0.05) is 49.9 Å². The molecule has 41 heavy (non-hydrogen) atoms. The van der Waals surface area contributed by atoms with Crippen molar-refractivity contribution in [2.45, 2.75) is 32.2 Å². The highest BCUT2D eigenvalue weighted by Crippen LogP contribution is 2.36. The number of hydrogen-bond donors (Lipinski definition) is 1. The number of rotatable bonds is 7. The van der Waals surface area contributed by atoms with E-state index in [4.69, 9.17) is 11.6 Å². The number of hydrogen-bond acceptors (Lipinski definition) is 6. The quantitative estimate of drug-likeness (QED) is 0.322. The van der Waals surface area contributed by atoms with Gasteiger partial charge in [0.1, 0.15) is 11.6 Å². The van der Waals surface area contributed by atoms with E-state index in [-0.39, 0.29) is 6.04 Å². The number of anilines is 1. The highest BCUT2D eigenvalue weighted by atomic mass is 35.5. The third kappa shape index (κ3) is 6.18. The lowest BCUT2D eigenvalue weighted by Gasteiger charge is -2.33. The average molecular weight is 591 g/mol. The first-order chi connectivity index (χ1) is 19.7. The molecule has 1 unspecified atom stereocenters. The smallest absolute Gasteiger partial charge is 0.211 e. The van der Waals surface area contributed by atoms with Gasteiger partial charge in [-0.1, -0.05) is 41.9 Å². The highest BCUT2D eigenvalue weighted by molar-refractivity contribution is 7.88. The first-order valence-corrected chi connectivity index (χ1v) is 16.3. The first-order valence-electron chi connectivity index (χ1n) is 14.1. The van der Waals surface area contributed by atoms with Gasteiger partial charge in [-0.15, -0.1) is 10.2 Å². The molecule has 0 radical (unpaired) electrons. The third-order valence-corrected chi connectivity index (χ3v) is 9.74. The SMILES string of the molecule is Cc1nnc2n1-c1ccc(-c3ccc(CCN4CCN(S(C)(=O)=O)CC4)cc3)cc1C(Nc1ccc(Cl)cc1)CC2. The summed E-state index contributed by atoms with van der Waals surface area (Å²) in [7, 11) is -3.10. The van der Waals surface area contributed by atoms with Gasteiger partial charge in [-0.3, -0.25) is 4.57 Å². The van der Waals surface area contributed by atoms with E-state index in [0.717, 1.165) is 66.9 Å². The molecule has 0 saturated carbocycles. The Morgan fingerprint density at radius 2 is 1.63 bits per heavy atom. The number of aromatic nitrogens is 3. The standard InChI is InChI=1S/C31H35ClN6O2S/c1-22-34-35-31-14-12-29(33-27-10-8-26(32)9-11-27)28-21-25(7-13-30(28)38(22)31)24-5-3-23(4-6-24)15-16-36-17-19-37(20-18-36)41(2,39)40/h3-11,13,21,29,33H,12,14-20H2,1-2H3. The summed E-state index contributed by atoms with van der Waals surface area (Å²) in [6.07, 6.45) is 3.95. The van der Waals surface area contributed by atoms with Crippen LogP contribution in [0.5, 0.6) is 0 Å². The number of piperazine rings is 1. The van der Waals surface area contributed by atoms with E-state index >= 15 is 0 Å². The van der Waals surface area contributed by atoms with Crippen LogP contribution in [0.3, 0.4) is 0 Å². The van der Waals surface area contributed by atoms with Gasteiger partial charge >= 0.3 is 0 Å². The summed E-state index contributed by atoms with van der Waals surface area (Å²) in [6.45, 7) is 5.62. The molecule has 0 bridgehead atoms. The number of nitrogens with zero attached hydrogens (tertiary/aromatic N) is 5. The monoisotopic (exact) mass is 590 g/mol. The molecule has 3 aromatic carbocycles. The molecule has 4 aromatic rings. The number of halogens is 1. The van der Waals surface area contributed by atoms with Crippen LogP contribution >= 0.6 is 11.6 Å². The van der Waals surface area contributed by atoms with E-state index in [2.05, 4.69) is 67.4 Å². The van der Waals surface area contributed by atoms with Crippen LogP contribution in [0.1, 0.15) is 35.2 Å². The Morgan fingerprint density at radius 1 is 0.927 bits per heavy atom.